The summed E-state index contributed by atoms with van der Waals surface area (Å²) in [6.45, 7) is 0.568. The molecule has 0 aliphatic rings. The molecule has 4 rings (SSSR count). The Hall–Kier alpha value is -2.52. The molecule has 0 radical (unpaired) electrons. The van der Waals surface area contributed by atoms with Gasteiger partial charge in [0.2, 0.25) is 0 Å². The molecule has 0 saturated carbocycles. The number of carbonyl (C=O) groups excluding carboxylic acids is 1. The van der Waals surface area contributed by atoms with Crippen LogP contribution in [0.3, 0.4) is 0 Å². The number of nitrogens with one attached hydrogen (secondary N) is 1. The molecule has 2 heterocycles. The van der Waals surface area contributed by atoms with E-state index in [2.05, 4.69) is 31.4 Å². The average molecular weight is 556 g/mol. The maximum atomic E-state index is 12.6. The van der Waals surface area contributed by atoms with Gasteiger partial charge < -0.3 is 10.1 Å². The van der Waals surface area contributed by atoms with E-state index in [1.807, 2.05) is 18.2 Å². The van der Waals surface area contributed by atoms with Crippen LogP contribution in [0.5, 0.6) is 5.75 Å². The van der Waals surface area contributed by atoms with Crippen molar-refractivity contribution < 1.29 is 9.53 Å². The van der Waals surface area contributed by atoms with Crippen LogP contribution in [-0.4, -0.2) is 25.5 Å². The Kier molecular flexibility index (Phi) is 7.05. The molecule has 0 unspecified atom stereocenters. The maximum Gasteiger partial charge on any atom is 0.277 e. The van der Waals surface area contributed by atoms with Crippen molar-refractivity contribution in [3.63, 3.8) is 0 Å². The summed E-state index contributed by atoms with van der Waals surface area (Å²) in [5.41, 5.74) is 1.14. The Bertz CT molecular complexity index is 1270. The van der Waals surface area contributed by atoms with Crippen LogP contribution in [0.25, 0.3) is 0 Å². The van der Waals surface area contributed by atoms with Crippen LogP contribution in [0.15, 0.2) is 65.4 Å². The Balaban J connectivity index is 1.39. The van der Waals surface area contributed by atoms with E-state index in [-0.39, 0.29) is 12.4 Å². The minimum absolute atomic E-state index is 0.110. The largest absolute Gasteiger partial charge is 0.470 e. The highest BCUT2D eigenvalue weighted by Crippen LogP contribution is 2.25. The molecule has 0 bridgehead atoms. The van der Waals surface area contributed by atoms with E-state index in [1.165, 1.54) is 4.68 Å². The smallest absolute Gasteiger partial charge is 0.277 e. The van der Waals surface area contributed by atoms with E-state index in [9.17, 15) is 4.79 Å². The van der Waals surface area contributed by atoms with E-state index in [0.29, 0.717) is 37.7 Å². The van der Waals surface area contributed by atoms with Gasteiger partial charge in [0.15, 0.2) is 18.2 Å². The second-order valence-corrected chi connectivity index (χ2v) is 8.75. The number of rotatable bonds is 7. The Morgan fingerprint density at radius 2 is 1.81 bits per heavy atom. The van der Waals surface area contributed by atoms with Gasteiger partial charge in [0.25, 0.3) is 5.91 Å². The third-order valence-electron chi connectivity index (χ3n) is 4.34. The molecule has 0 aliphatic carbocycles. The van der Waals surface area contributed by atoms with Crippen molar-refractivity contribution >= 4 is 62.5 Å². The van der Waals surface area contributed by atoms with Crippen molar-refractivity contribution in [2.24, 2.45) is 0 Å². The van der Waals surface area contributed by atoms with Crippen LogP contribution in [-0.2, 0) is 13.3 Å². The number of halogens is 4. The maximum absolute atomic E-state index is 12.6. The van der Waals surface area contributed by atoms with Gasteiger partial charge >= 0.3 is 0 Å². The molecule has 0 spiro atoms. The van der Waals surface area contributed by atoms with Gasteiger partial charge in [0.1, 0.15) is 5.75 Å². The summed E-state index contributed by atoms with van der Waals surface area (Å²) in [5.74, 6) is 0.506. The number of hydrogen-bond donors (Lipinski definition) is 1. The zero-order valence-electron chi connectivity index (χ0n) is 16.3. The third kappa shape index (κ3) is 5.45. The number of carbonyl (C=O) groups is 1. The van der Waals surface area contributed by atoms with Crippen LogP contribution in [0.1, 0.15) is 16.1 Å². The molecule has 2 aromatic heterocycles. The zero-order valence-corrected chi connectivity index (χ0v) is 20.2. The molecule has 0 fully saturated rings. The van der Waals surface area contributed by atoms with Crippen LogP contribution in [0.2, 0.25) is 15.1 Å². The van der Waals surface area contributed by atoms with E-state index in [1.54, 1.807) is 47.4 Å². The Morgan fingerprint density at radius 1 is 1.00 bits per heavy atom. The molecule has 7 nitrogen and oxygen atoms in total. The summed E-state index contributed by atoms with van der Waals surface area (Å²) < 4.78 is 9.43. The lowest BCUT2D eigenvalue weighted by atomic mass is 10.2. The fourth-order valence-electron chi connectivity index (χ4n) is 2.81. The Morgan fingerprint density at radius 3 is 2.59 bits per heavy atom. The predicted octanol–water partition coefficient (Wildman–Crippen LogP) is 6.14. The topological polar surface area (TPSA) is 74.0 Å². The molecule has 2 aromatic carbocycles. The van der Waals surface area contributed by atoms with Gasteiger partial charge in [-0.1, -0.05) is 53.0 Å². The van der Waals surface area contributed by atoms with Crippen molar-refractivity contribution in [1.82, 2.24) is 19.6 Å². The first-order chi connectivity index (χ1) is 15.4. The number of benzene rings is 2. The van der Waals surface area contributed by atoms with E-state index in [4.69, 9.17) is 39.5 Å². The summed E-state index contributed by atoms with van der Waals surface area (Å²) in [7, 11) is 0. The first kappa shape index (κ1) is 22.7. The Labute approximate surface area is 207 Å². The number of para-hydroxylation sites is 1. The number of hydrogen-bond acceptors (Lipinski definition) is 4. The fraction of sp³-hybridized carbons (Fsp3) is 0.0952. The molecule has 0 atom stereocenters. The van der Waals surface area contributed by atoms with E-state index < -0.39 is 5.91 Å². The molecular weight excluding hydrogens is 541 g/mol. The number of aromatic nitrogens is 4. The molecular formula is C21H15BrCl3N5O2. The first-order valence-corrected chi connectivity index (χ1v) is 11.2. The van der Waals surface area contributed by atoms with Crippen molar-refractivity contribution in [2.75, 3.05) is 5.32 Å². The molecule has 0 aliphatic heterocycles. The number of anilines is 1. The SMILES string of the molecule is O=C(Nc1nn(Cc2ccc(Cl)c(Cl)c2)cc1Br)c1ccn(COc2ccccc2Cl)n1. The van der Waals surface area contributed by atoms with Crippen molar-refractivity contribution in [1.29, 1.82) is 0 Å². The van der Waals surface area contributed by atoms with E-state index >= 15 is 0 Å². The summed E-state index contributed by atoms with van der Waals surface area (Å²) in [5, 5.41) is 12.8. The van der Waals surface area contributed by atoms with Gasteiger partial charge in [0, 0.05) is 12.4 Å². The zero-order chi connectivity index (χ0) is 22.7. The standard InChI is InChI=1S/C21H15BrCl3N5O2/c22-14-11-30(10-13-5-6-15(23)17(25)9-13)28-20(14)26-21(31)18-7-8-29(27-18)12-32-19-4-2-1-3-16(19)24/h1-9,11H,10,12H2,(H,26,28,31). The highest BCUT2D eigenvalue weighted by molar-refractivity contribution is 9.10. The van der Waals surface area contributed by atoms with Crippen molar-refractivity contribution in [3.8, 4) is 5.75 Å². The number of nitrogens with zero attached hydrogens (tertiary/aromatic N) is 4. The monoisotopic (exact) mass is 553 g/mol. The average Bonchev–Trinajstić information content (AvgIpc) is 3.37. The molecule has 1 amide bonds. The van der Waals surface area contributed by atoms with Crippen LogP contribution < -0.4 is 10.1 Å². The summed E-state index contributed by atoms with van der Waals surface area (Å²) >= 11 is 21.5. The van der Waals surface area contributed by atoms with E-state index in [0.717, 1.165) is 5.56 Å². The molecule has 164 valence electrons. The van der Waals surface area contributed by atoms with Gasteiger partial charge in [-0.2, -0.15) is 10.2 Å². The quantitative estimate of drug-likeness (QED) is 0.297. The minimum atomic E-state index is -0.401. The van der Waals surface area contributed by atoms with Gasteiger partial charge in [0.05, 0.1) is 26.1 Å². The first-order valence-electron chi connectivity index (χ1n) is 9.28. The molecule has 11 heteroatoms. The summed E-state index contributed by atoms with van der Waals surface area (Å²) in [6, 6.07) is 14.1. The van der Waals surface area contributed by atoms with Crippen LogP contribution >= 0.6 is 50.7 Å². The second-order valence-electron chi connectivity index (χ2n) is 6.67. The molecule has 1 N–H and O–H groups in total. The van der Waals surface area contributed by atoms with Crippen molar-refractivity contribution in [2.45, 2.75) is 13.3 Å². The molecule has 4 aromatic rings. The van der Waals surface area contributed by atoms with Crippen LogP contribution in [0.4, 0.5) is 5.82 Å². The third-order valence-corrected chi connectivity index (χ3v) is 5.97. The summed E-state index contributed by atoms with van der Waals surface area (Å²) in [6.07, 6.45) is 3.40. The fourth-order valence-corrected chi connectivity index (χ4v) is 3.74. The van der Waals surface area contributed by atoms with Gasteiger partial charge in [-0.25, -0.2) is 4.68 Å². The van der Waals surface area contributed by atoms with Crippen LogP contribution in [0, 0.1) is 0 Å². The molecule has 0 saturated heterocycles. The van der Waals surface area contributed by atoms with Gasteiger partial charge in [-0.05, 0) is 51.8 Å². The normalized spacial score (nSPS) is 10.9. The summed E-state index contributed by atoms with van der Waals surface area (Å²) in [4.78, 5) is 12.6. The van der Waals surface area contributed by atoms with Crippen molar-refractivity contribution in [3.05, 3.63) is 91.7 Å². The lowest BCUT2D eigenvalue weighted by Gasteiger charge is -2.07. The minimum Gasteiger partial charge on any atom is -0.470 e. The second kappa shape index (κ2) is 9.95. The molecule has 32 heavy (non-hydrogen) atoms. The van der Waals surface area contributed by atoms with Gasteiger partial charge in [-0.3, -0.25) is 9.48 Å². The predicted molar refractivity (Wildman–Crippen MR) is 128 cm³/mol. The lowest BCUT2D eigenvalue weighted by Crippen LogP contribution is -2.15. The highest BCUT2D eigenvalue weighted by Gasteiger charge is 2.15. The number of ether oxygens (including phenoxy) is 1. The number of amides is 1. The highest BCUT2D eigenvalue weighted by atomic mass is 79.9. The lowest BCUT2D eigenvalue weighted by molar-refractivity contribution is 0.101. The van der Waals surface area contributed by atoms with Gasteiger partial charge in [-0.15, -0.1) is 0 Å².